The minimum Gasteiger partial charge on any atom is -0.375 e. The van der Waals surface area contributed by atoms with E-state index >= 15 is 0 Å². The first-order valence-corrected chi connectivity index (χ1v) is 7.15. The number of benzene rings is 2. The summed E-state index contributed by atoms with van der Waals surface area (Å²) in [5.41, 5.74) is -4.82. The van der Waals surface area contributed by atoms with Crippen molar-refractivity contribution < 1.29 is 32.0 Å². The lowest BCUT2D eigenvalue weighted by Gasteiger charge is -2.35. The quantitative estimate of drug-likeness (QED) is 0.470. The molecule has 26 heavy (non-hydrogen) atoms. The third-order valence-corrected chi connectivity index (χ3v) is 3.67. The summed E-state index contributed by atoms with van der Waals surface area (Å²) in [7, 11) is 0. The van der Waals surface area contributed by atoms with Gasteiger partial charge in [-0.2, -0.15) is 22.0 Å². The van der Waals surface area contributed by atoms with Gasteiger partial charge in [-0.05, 0) is 29.3 Å². The summed E-state index contributed by atoms with van der Waals surface area (Å²) in [5.74, 6) is -5.54. The highest BCUT2D eigenvalue weighted by molar-refractivity contribution is 5.53. The van der Waals surface area contributed by atoms with Crippen molar-refractivity contribution in [1.29, 1.82) is 0 Å². The number of non-ortho nitro benzene ring substituents is 1. The molecule has 2 rings (SSSR count). The SMILES string of the molecule is O=[N+]([O-])c1ccc(C(O)(/C=C/c2ccccc2)C(F)(F)C(F)(F)F)cc1. The molecule has 0 aliphatic heterocycles. The van der Waals surface area contributed by atoms with Crippen molar-refractivity contribution in [3.05, 3.63) is 81.9 Å². The number of alkyl halides is 5. The number of nitro groups is 1. The lowest BCUT2D eigenvalue weighted by Crippen LogP contribution is -2.53. The molecule has 4 nitrogen and oxygen atoms in total. The molecular weight excluding hydrogens is 361 g/mol. The molecule has 0 aliphatic rings. The molecule has 0 heterocycles. The number of nitrogens with zero attached hydrogens (tertiary/aromatic N) is 1. The van der Waals surface area contributed by atoms with E-state index in [2.05, 4.69) is 0 Å². The fraction of sp³-hybridized carbons (Fsp3) is 0.176. The first kappa shape index (κ1) is 19.5. The predicted octanol–water partition coefficient (Wildman–Crippen LogP) is 4.69. The Bertz CT molecular complexity index is 803. The fourth-order valence-corrected chi connectivity index (χ4v) is 2.22. The molecule has 2 aromatic rings. The molecule has 0 spiro atoms. The maximum Gasteiger partial charge on any atom is 0.457 e. The average molecular weight is 373 g/mol. The van der Waals surface area contributed by atoms with Gasteiger partial charge < -0.3 is 5.11 Å². The van der Waals surface area contributed by atoms with Crippen molar-refractivity contribution in [2.45, 2.75) is 17.7 Å². The van der Waals surface area contributed by atoms with Crippen LogP contribution in [0.5, 0.6) is 0 Å². The Morgan fingerprint density at radius 1 is 0.923 bits per heavy atom. The van der Waals surface area contributed by atoms with Crippen LogP contribution in [0.3, 0.4) is 0 Å². The van der Waals surface area contributed by atoms with Crippen LogP contribution in [0, 0.1) is 10.1 Å². The van der Waals surface area contributed by atoms with E-state index in [4.69, 9.17) is 0 Å². The molecule has 0 fully saturated rings. The monoisotopic (exact) mass is 373 g/mol. The topological polar surface area (TPSA) is 63.4 Å². The Balaban J connectivity index is 2.58. The minimum absolute atomic E-state index is 0.283. The summed E-state index contributed by atoms with van der Waals surface area (Å²) < 4.78 is 66.8. The van der Waals surface area contributed by atoms with Gasteiger partial charge in [-0.1, -0.05) is 36.4 Å². The van der Waals surface area contributed by atoms with E-state index in [1.807, 2.05) is 0 Å². The van der Waals surface area contributed by atoms with E-state index in [-0.39, 0.29) is 5.56 Å². The van der Waals surface area contributed by atoms with Gasteiger partial charge in [-0.15, -0.1) is 0 Å². The average Bonchev–Trinajstić information content (AvgIpc) is 2.59. The molecular formula is C17H12F5NO3. The van der Waals surface area contributed by atoms with Crippen LogP contribution in [-0.4, -0.2) is 22.1 Å². The van der Waals surface area contributed by atoms with E-state index in [9.17, 15) is 37.2 Å². The van der Waals surface area contributed by atoms with Gasteiger partial charge in [0.25, 0.3) is 5.69 Å². The highest BCUT2D eigenvalue weighted by Crippen LogP contribution is 2.49. The number of nitro benzene ring substituents is 1. The summed E-state index contributed by atoms with van der Waals surface area (Å²) in [4.78, 5) is 9.79. The van der Waals surface area contributed by atoms with Crippen LogP contribution in [0.25, 0.3) is 6.08 Å². The van der Waals surface area contributed by atoms with Gasteiger partial charge in [0.15, 0.2) is 5.60 Å². The summed E-state index contributed by atoms with van der Waals surface area (Å²) in [6.45, 7) is 0. The van der Waals surface area contributed by atoms with Crippen molar-refractivity contribution in [1.82, 2.24) is 0 Å². The Hall–Kier alpha value is -2.81. The molecule has 0 bridgehead atoms. The van der Waals surface area contributed by atoms with Crippen molar-refractivity contribution in [3.63, 3.8) is 0 Å². The molecule has 9 heteroatoms. The first-order chi connectivity index (χ1) is 12.0. The zero-order valence-electron chi connectivity index (χ0n) is 13.0. The molecule has 2 aromatic carbocycles. The molecule has 0 amide bonds. The van der Waals surface area contributed by atoms with Crippen LogP contribution in [0.1, 0.15) is 11.1 Å². The predicted molar refractivity (Wildman–Crippen MR) is 83.5 cm³/mol. The molecule has 0 saturated heterocycles. The molecule has 1 atom stereocenters. The summed E-state index contributed by atoms with van der Waals surface area (Å²) in [6, 6.07) is 10.4. The molecule has 1 unspecified atom stereocenters. The van der Waals surface area contributed by atoms with Crippen LogP contribution in [0.4, 0.5) is 27.6 Å². The second-order valence-electron chi connectivity index (χ2n) is 5.39. The molecule has 138 valence electrons. The molecule has 0 aliphatic carbocycles. The molecule has 0 radical (unpaired) electrons. The van der Waals surface area contributed by atoms with Crippen LogP contribution in [0.2, 0.25) is 0 Å². The zero-order valence-corrected chi connectivity index (χ0v) is 13.0. The second kappa shape index (κ2) is 6.83. The van der Waals surface area contributed by atoms with Crippen LogP contribution < -0.4 is 0 Å². The standard InChI is InChI=1S/C17H12F5NO3/c18-16(19,17(20,21)22)15(24,11-10-12-4-2-1-3-5-12)13-6-8-14(9-7-13)23(25)26/h1-11,24H/b11-10+. The van der Waals surface area contributed by atoms with Crippen molar-refractivity contribution in [2.75, 3.05) is 0 Å². The van der Waals surface area contributed by atoms with Gasteiger partial charge in [0.05, 0.1) is 4.92 Å². The Morgan fingerprint density at radius 2 is 1.46 bits per heavy atom. The lowest BCUT2D eigenvalue weighted by molar-refractivity contribution is -0.384. The molecule has 0 aromatic heterocycles. The Morgan fingerprint density at radius 3 is 1.92 bits per heavy atom. The highest BCUT2D eigenvalue weighted by atomic mass is 19.4. The molecule has 0 saturated carbocycles. The normalized spacial score (nSPS) is 15.0. The van der Waals surface area contributed by atoms with Gasteiger partial charge in [0.2, 0.25) is 0 Å². The highest BCUT2D eigenvalue weighted by Gasteiger charge is 2.69. The van der Waals surface area contributed by atoms with Gasteiger partial charge in [0, 0.05) is 12.1 Å². The third-order valence-electron chi connectivity index (χ3n) is 3.67. The summed E-state index contributed by atoms with van der Waals surface area (Å²) in [5, 5.41) is 20.9. The largest absolute Gasteiger partial charge is 0.457 e. The van der Waals surface area contributed by atoms with Gasteiger partial charge in [0.1, 0.15) is 0 Å². The zero-order chi connectivity index (χ0) is 19.6. The number of halogens is 5. The van der Waals surface area contributed by atoms with Crippen LogP contribution in [0.15, 0.2) is 60.7 Å². The lowest BCUT2D eigenvalue weighted by atomic mass is 9.85. The third kappa shape index (κ3) is 3.57. The van der Waals surface area contributed by atoms with E-state index in [0.717, 1.165) is 18.2 Å². The van der Waals surface area contributed by atoms with E-state index in [0.29, 0.717) is 18.2 Å². The van der Waals surface area contributed by atoms with Crippen molar-refractivity contribution >= 4 is 11.8 Å². The van der Waals surface area contributed by atoms with Crippen LogP contribution in [-0.2, 0) is 5.60 Å². The minimum atomic E-state index is -6.05. The number of hydrogen-bond donors (Lipinski definition) is 1. The number of rotatable bonds is 5. The van der Waals surface area contributed by atoms with Crippen molar-refractivity contribution in [2.24, 2.45) is 0 Å². The van der Waals surface area contributed by atoms with Crippen molar-refractivity contribution in [3.8, 4) is 0 Å². The van der Waals surface area contributed by atoms with Gasteiger partial charge >= 0.3 is 12.1 Å². The van der Waals surface area contributed by atoms with E-state index < -0.39 is 33.9 Å². The Labute approximate surface area is 144 Å². The smallest absolute Gasteiger partial charge is 0.375 e. The number of hydrogen-bond acceptors (Lipinski definition) is 3. The summed E-state index contributed by atoms with van der Waals surface area (Å²) >= 11 is 0. The fourth-order valence-electron chi connectivity index (χ4n) is 2.22. The van der Waals surface area contributed by atoms with Crippen LogP contribution >= 0.6 is 0 Å². The maximum atomic E-state index is 14.1. The molecule has 1 N–H and O–H groups in total. The first-order valence-electron chi connectivity index (χ1n) is 7.15. The summed E-state index contributed by atoms with van der Waals surface area (Å²) in [6.07, 6.45) is -4.80. The van der Waals surface area contributed by atoms with E-state index in [1.165, 1.54) is 24.3 Å². The van der Waals surface area contributed by atoms with Gasteiger partial charge in [-0.3, -0.25) is 10.1 Å². The van der Waals surface area contributed by atoms with E-state index in [1.54, 1.807) is 6.07 Å². The number of aliphatic hydroxyl groups is 1. The second-order valence-corrected chi connectivity index (χ2v) is 5.39. The Kier molecular flexibility index (Phi) is 5.13. The van der Waals surface area contributed by atoms with Gasteiger partial charge in [-0.25, -0.2) is 0 Å². The maximum absolute atomic E-state index is 14.1.